The number of fused-ring (bicyclic) bond motifs is 9. The topological polar surface area (TPSA) is 131 Å². The monoisotopic (exact) mass is 1040 g/mol. The van der Waals surface area contributed by atoms with E-state index in [1.165, 1.54) is 0 Å². The molecule has 0 radical (unpaired) electrons. The average molecular weight is 1040 g/mol. The molecule has 0 fully saturated rings. The lowest BCUT2D eigenvalue weighted by Crippen LogP contribution is -2.02. The molecule has 81 heavy (non-hydrogen) atoms. The third kappa shape index (κ3) is 7.72. The molecule has 16 aromatic rings. The van der Waals surface area contributed by atoms with Crippen molar-refractivity contribution in [2.24, 2.45) is 0 Å². The summed E-state index contributed by atoms with van der Waals surface area (Å²) < 4.78 is 6.73. The van der Waals surface area contributed by atoms with Crippen LogP contribution >= 0.6 is 0 Å². The van der Waals surface area contributed by atoms with E-state index in [1.54, 1.807) is 0 Å². The van der Waals surface area contributed by atoms with E-state index in [0.29, 0.717) is 0 Å². The van der Waals surface area contributed by atoms with E-state index in [1.807, 2.05) is 111 Å². The Morgan fingerprint density at radius 3 is 0.790 bits per heavy atom. The minimum absolute atomic E-state index is 0.753. The largest absolute Gasteiger partial charge is 0.294 e. The molecule has 0 spiro atoms. The Labute approximate surface area is 462 Å². The van der Waals surface area contributed by atoms with Gasteiger partial charge in [-0.3, -0.25) is 43.6 Å². The third-order valence-corrected chi connectivity index (χ3v) is 15.4. The maximum absolute atomic E-state index is 5.68. The predicted octanol–water partition coefficient (Wildman–Crippen LogP) is 15.5. The van der Waals surface area contributed by atoms with Gasteiger partial charge in [0.25, 0.3) is 0 Å². The number of hydrogen-bond donors (Lipinski definition) is 0. The van der Waals surface area contributed by atoms with Crippen LogP contribution in [0.2, 0.25) is 0 Å². The first-order valence-corrected chi connectivity index (χ1v) is 26.6. The van der Waals surface area contributed by atoms with Crippen LogP contribution in [0.3, 0.4) is 0 Å². The van der Waals surface area contributed by atoms with Crippen LogP contribution < -0.4 is 0 Å². The van der Waals surface area contributed by atoms with Crippen molar-refractivity contribution in [3.63, 3.8) is 0 Å². The molecule has 0 atom stereocenters. The average Bonchev–Trinajstić information content (AvgIpc) is 4.27. The number of hydrogen-bond acceptors (Lipinski definition) is 9. The van der Waals surface area contributed by atoms with Crippen LogP contribution in [0.5, 0.6) is 0 Å². The first kappa shape index (κ1) is 45.8. The zero-order chi connectivity index (χ0) is 53.4. The molecule has 378 valence electrons. The van der Waals surface area contributed by atoms with E-state index in [4.69, 9.17) is 15.0 Å². The molecule has 0 saturated carbocycles. The Bertz CT molecular complexity index is 4440. The second-order valence-corrected chi connectivity index (χ2v) is 20.0. The fourth-order valence-corrected chi connectivity index (χ4v) is 11.7. The molecule has 4 aromatic carbocycles. The van der Waals surface area contributed by atoms with Gasteiger partial charge >= 0.3 is 0 Å². The van der Waals surface area contributed by atoms with Crippen molar-refractivity contribution in [3.05, 3.63) is 256 Å². The van der Waals surface area contributed by atoms with Gasteiger partial charge in [0.05, 0.1) is 50.2 Å². The molecule has 0 aliphatic heterocycles. The smallest absolute Gasteiger partial charge is 0.138 e. The zero-order valence-electron chi connectivity index (χ0n) is 43.1. The number of rotatable bonds is 9. The first-order chi connectivity index (χ1) is 40.1. The van der Waals surface area contributed by atoms with Gasteiger partial charge in [-0.1, -0.05) is 54.6 Å². The van der Waals surface area contributed by atoms with Crippen LogP contribution in [0.15, 0.2) is 256 Å². The van der Waals surface area contributed by atoms with Crippen molar-refractivity contribution >= 4 is 65.4 Å². The van der Waals surface area contributed by atoms with Crippen LogP contribution in [-0.4, -0.2) is 58.6 Å². The lowest BCUT2D eigenvalue weighted by atomic mass is 9.95. The second-order valence-electron chi connectivity index (χ2n) is 20.0. The molecule has 0 unspecified atom stereocenters. The normalized spacial score (nSPS) is 11.7. The molecule has 12 aromatic heterocycles. The molecular weight excluding hydrogens is 997 g/mol. The number of para-hydroxylation sites is 3. The maximum Gasteiger partial charge on any atom is 0.138 e. The van der Waals surface area contributed by atoms with Gasteiger partial charge < -0.3 is 0 Å². The van der Waals surface area contributed by atoms with Crippen LogP contribution in [0.1, 0.15) is 0 Å². The SMILES string of the molecule is c1ccc2c(c1)c1cnccc1n2-c1cc(-c2ccncc2)cc(-c2cc(-c3cc(-c4ccncc4)cc(-n4c5ccccc5c5cnccc54)n3)cc(-c3cc(-c4ccncc4)cc(-n4c5ccccc5c5cnccc54)n3)c2)n1. The van der Waals surface area contributed by atoms with Gasteiger partial charge in [-0.15, -0.1) is 0 Å². The van der Waals surface area contributed by atoms with Crippen molar-refractivity contribution in [2.45, 2.75) is 0 Å². The minimum atomic E-state index is 0.753. The Hall–Kier alpha value is -11.4. The molecule has 12 nitrogen and oxygen atoms in total. The standard InChI is InChI=1S/C69H42N12/c1-4-10-61-52(7-1)55-40-73-28-19-64(55)79(61)67-37-46(43-13-22-70-23-14-43)34-58(76-67)49-31-50(59-35-47(44-15-24-71-25-16-44)38-68(77-59)80-62-11-5-2-8-53(62)56-41-74-29-20-65(56)80)33-51(32-49)60-36-48(45-17-26-72-27-18-45)39-69(78-60)81-63-12-6-3-9-54(63)57-42-75-30-21-66(57)81/h1-42H. The summed E-state index contributed by atoms with van der Waals surface area (Å²) >= 11 is 0. The summed E-state index contributed by atoms with van der Waals surface area (Å²) in [6, 6.07) is 63.4. The van der Waals surface area contributed by atoms with Gasteiger partial charge in [-0.2, -0.15) is 0 Å². The van der Waals surface area contributed by atoms with Crippen LogP contribution in [0.4, 0.5) is 0 Å². The fraction of sp³-hybridized carbons (Fsp3) is 0. The Kier molecular flexibility index (Phi) is 10.6. The Morgan fingerprint density at radius 1 is 0.210 bits per heavy atom. The molecular formula is C69H42N12. The van der Waals surface area contributed by atoms with E-state index in [-0.39, 0.29) is 0 Å². The maximum atomic E-state index is 5.68. The number of benzene rings is 4. The number of pyridine rings is 9. The van der Waals surface area contributed by atoms with Gasteiger partial charge in [0.15, 0.2) is 0 Å². The van der Waals surface area contributed by atoms with Crippen molar-refractivity contribution < 1.29 is 0 Å². The Balaban J connectivity index is 0.999. The molecule has 0 N–H and O–H groups in total. The van der Waals surface area contributed by atoms with Crippen molar-refractivity contribution in [2.75, 3.05) is 0 Å². The van der Waals surface area contributed by atoms with Crippen LogP contribution in [-0.2, 0) is 0 Å². The summed E-state index contributed by atoms with van der Waals surface area (Å²) in [6.07, 6.45) is 22.3. The van der Waals surface area contributed by atoms with Crippen LogP contribution in [0.25, 0.3) is 150 Å². The highest BCUT2D eigenvalue weighted by molar-refractivity contribution is 6.11. The molecule has 0 bridgehead atoms. The molecule has 12 heteroatoms. The summed E-state index contributed by atoms with van der Waals surface area (Å²) in [5.41, 5.74) is 16.9. The summed E-state index contributed by atoms with van der Waals surface area (Å²) in [5.74, 6) is 2.27. The van der Waals surface area contributed by atoms with Crippen molar-refractivity contribution in [3.8, 4) is 84.6 Å². The molecule has 12 heterocycles. The molecule has 16 rings (SSSR count). The van der Waals surface area contributed by atoms with Gasteiger partial charge in [0, 0.05) is 123 Å². The van der Waals surface area contributed by atoms with Gasteiger partial charge in [0.1, 0.15) is 17.5 Å². The summed E-state index contributed by atoms with van der Waals surface area (Å²) in [7, 11) is 0. The van der Waals surface area contributed by atoms with Crippen LogP contribution in [0, 0.1) is 0 Å². The lowest BCUT2D eigenvalue weighted by Gasteiger charge is -2.17. The second kappa shape index (κ2) is 18.7. The van der Waals surface area contributed by atoms with Gasteiger partial charge in [0.2, 0.25) is 0 Å². The van der Waals surface area contributed by atoms with Gasteiger partial charge in [-0.25, -0.2) is 15.0 Å². The third-order valence-electron chi connectivity index (χ3n) is 15.4. The van der Waals surface area contributed by atoms with E-state index < -0.39 is 0 Å². The van der Waals surface area contributed by atoms with Crippen molar-refractivity contribution in [1.29, 1.82) is 0 Å². The molecule has 0 saturated heterocycles. The quantitative estimate of drug-likeness (QED) is 0.139. The number of nitrogens with zero attached hydrogens (tertiary/aromatic N) is 12. The predicted molar refractivity (Wildman–Crippen MR) is 322 cm³/mol. The van der Waals surface area contributed by atoms with Crippen molar-refractivity contribution in [1.82, 2.24) is 58.6 Å². The van der Waals surface area contributed by atoms with E-state index in [9.17, 15) is 0 Å². The Morgan fingerprint density at radius 2 is 0.481 bits per heavy atom. The van der Waals surface area contributed by atoms with E-state index in [0.717, 1.165) is 150 Å². The highest BCUT2D eigenvalue weighted by Crippen LogP contribution is 2.41. The lowest BCUT2D eigenvalue weighted by molar-refractivity contribution is 1.08. The zero-order valence-corrected chi connectivity index (χ0v) is 43.1. The summed E-state index contributed by atoms with van der Waals surface area (Å²) in [6.45, 7) is 0. The van der Waals surface area contributed by atoms with E-state index in [2.05, 4.69) is 189 Å². The first-order valence-electron chi connectivity index (χ1n) is 26.6. The summed E-state index contributed by atoms with van der Waals surface area (Å²) in [4.78, 5) is 44.0. The highest BCUT2D eigenvalue weighted by atomic mass is 15.1. The highest BCUT2D eigenvalue weighted by Gasteiger charge is 2.22. The van der Waals surface area contributed by atoms with Gasteiger partial charge in [-0.05, 0) is 161 Å². The fourth-order valence-electron chi connectivity index (χ4n) is 11.7. The molecule has 0 aliphatic rings. The minimum Gasteiger partial charge on any atom is -0.294 e. The van der Waals surface area contributed by atoms with E-state index >= 15 is 0 Å². The molecule has 0 aliphatic carbocycles. The molecule has 0 amide bonds. The number of aromatic nitrogens is 12. The summed E-state index contributed by atoms with van der Waals surface area (Å²) in [5, 5.41) is 6.40.